The summed E-state index contributed by atoms with van der Waals surface area (Å²) in [7, 11) is 0. The Labute approximate surface area is 210 Å². The number of carbonyl (C=O) groups excluding carboxylic acids is 2. The number of rotatable bonds is 11. The van der Waals surface area contributed by atoms with Gasteiger partial charge in [-0.25, -0.2) is 5.43 Å². The highest BCUT2D eigenvalue weighted by Gasteiger charge is 2.13. The topological polar surface area (TPSA) is 101 Å². The molecule has 2 amide bonds. The molecule has 0 atom stereocenters. The number of carbonyl (C=O) groups is 2. The summed E-state index contributed by atoms with van der Waals surface area (Å²) in [6.07, 6.45) is 2.19. The highest BCUT2D eigenvalue weighted by atomic mass is 35.5. The van der Waals surface area contributed by atoms with Crippen molar-refractivity contribution in [3.05, 3.63) is 58.6 Å². The van der Waals surface area contributed by atoms with Crippen molar-refractivity contribution in [3.63, 3.8) is 0 Å². The second kappa shape index (κ2) is 14.3. The number of benzene rings is 2. The minimum absolute atomic E-state index is 0.296. The molecule has 1 saturated heterocycles. The molecule has 188 valence electrons. The summed E-state index contributed by atoms with van der Waals surface area (Å²) >= 11 is 6.19. The summed E-state index contributed by atoms with van der Waals surface area (Å²) in [6, 6.07) is 12.7. The molecule has 1 heterocycles. The van der Waals surface area contributed by atoms with Crippen LogP contribution in [0.3, 0.4) is 0 Å². The molecular formula is C25H31ClN4O5. The lowest BCUT2D eigenvalue weighted by molar-refractivity contribution is -0.139. The SMILES string of the molecule is CCOc1cc(/C=N\NC(=O)C(=O)NCCCN2CCOCC2)ccc1OCc1ccccc1Cl. The van der Waals surface area contributed by atoms with Crippen molar-refractivity contribution in [1.82, 2.24) is 15.6 Å². The zero-order valence-electron chi connectivity index (χ0n) is 19.8. The van der Waals surface area contributed by atoms with Gasteiger partial charge >= 0.3 is 11.8 Å². The predicted octanol–water partition coefficient (Wildman–Crippen LogP) is 2.61. The summed E-state index contributed by atoms with van der Waals surface area (Å²) in [5.74, 6) is -0.447. The van der Waals surface area contributed by atoms with Crippen LogP contribution >= 0.6 is 11.6 Å². The normalized spacial score (nSPS) is 14.0. The lowest BCUT2D eigenvalue weighted by Crippen LogP contribution is -2.40. The third-order valence-corrected chi connectivity index (χ3v) is 5.60. The molecule has 2 aromatic carbocycles. The summed E-state index contributed by atoms with van der Waals surface area (Å²) in [5, 5.41) is 7.12. The van der Waals surface area contributed by atoms with Crippen molar-refractivity contribution in [2.24, 2.45) is 5.10 Å². The fraction of sp³-hybridized carbons (Fsp3) is 0.400. The van der Waals surface area contributed by atoms with Gasteiger partial charge in [0.05, 0.1) is 26.0 Å². The van der Waals surface area contributed by atoms with Crippen LogP contribution in [0.1, 0.15) is 24.5 Å². The number of nitrogens with zero attached hydrogens (tertiary/aromatic N) is 2. The Morgan fingerprint density at radius 3 is 2.69 bits per heavy atom. The van der Waals surface area contributed by atoms with Crippen molar-refractivity contribution < 1.29 is 23.8 Å². The van der Waals surface area contributed by atoms with E-state index in [1.165, 1.54) is 6.21 Å². The number of ether oxygens (including phenoxy) is 3. The largest absolute Gasteiger partial charge is 0.490 e. The molecule has 1 fully saturated rings. The van der Waals surface area contributed by atoms with Gasteiger partial charge in [0.1, 0.15) is 6.61 Å². The lowest BCUT2D eigenvalue weighted by atomic mass is 10.2. The van der Waals surface area contributed by atoms with E-state index >= 15 is 0 Å². The van der Waals surface area contributed by atoms with Gasteiger partial charge in [0, 0.05) is 30.2 Å². The summed E-state index contributed by atoms with van der Waals surface area (Å²) in [4.78, 5) is 26.2. The molecule has 0 radical (unpaired) electrons. The third-order valence-electron chi connectivity index (χ3n) is 5.23. The molecule has 0 unspecified atom stereocenters. The van der Waals surface area contributed by atoms with Crippen LogP contribution in [0.25, 0.3) is 0 Å². The predicted molar refractivity (Wildman–Crippen MR) is 134 cm³/mol. The van der Waals surface area contributed by atoms with Crippen LogP contribution in [0.2, 0.25) is 5.02 Å². The van der Waals surface area contributed by atoms with Gasteiger partial charge in [-0.2, -0.15) is 5.10 Å². The Balaban J connectivity index is 1.45. The van der Waals surface area contributed by atoms with Crippen LogP contribution in [0, 0.1) is 0 Å². The second-order valence-corrected chi connectivity index (χ2v) is 8.19. The standard InChI is InChI=1S/C25H31ClN4O5/c1-2-34-23-16-19(8-9-22(23)35-18-20-6-3-4-7-21(20)26)17-28-29-25(32)24(31)27-10-5-11-30-12-14-33-15-13-30/h3-4,6-9,16-17H,2,5,10-15,18H2,1H3,(H,27,31)(H,29,32)/b28-17-. The Bertz CT molecular complexity index is 1010. The molecule has 2 N–H and O–H groups in total. The van der Waals surface area contributed by atoms with Gasteiger partial charge in [0.2, 0.25) is 0 Å². The summed E-state index contributed by atoms with van der Waals surface area (Å²) in [5.41, 5.74) is 3.78. The first kappa shape index (κ1) is 26.5. The van der Waals surface area contributed by atoms with Crippen LogP contribution in [-0.4, -0.2) is 68.9 Å². The van der Waals surface area contributed by atoms with Gasteiger partial charge in [-0.05, 0) is 49.7 Å². The zero-order chi connectivity index (χ0) is 24.9. The van der Waals surface area contributed by atoms with E-state index < -0.39 is 11.8 Å². The highest BCUT2D eigenvalue weighted by molar-refractivity contribution is 6.35. The first-order chi connectivity index (χ1) is 17.1. The second-order valence-electron chi connectivity index (χ2n) is 7.78. The van der Waals surface area contributed by atoms with Crippen LogP contribution in [-0.2, 0) is 20.9 Å². The molecule has 35 heavy (non-hydrogen) atoms. The average molecular weight is 503 g/mol. The number of nitrogens with one attached hydrogen (secondary N) is 2. The molecule has 2 aromatic rings. The smallest absolute Gasteiger partial charge is 0.329 e. The summed E-state index contributed by atoms with van der Waals surface area (Å²) < 4.78 is 16.9. The van der Waals surface area contributed by atoms with Crippen LogP contribution in [0.5, 0.6) is 11.5 Å². The minimum atomic E-state index is -0.822. The molecule has 0 aromatic heterocycles. The van der Waals surface area contributed by atoms with Crippen LogP contribution in [0.4, 0.5) is 0 Å². The van der Waals surface area contributed by atoms with E-state index in [1.807, 2.05) is 31.2 Å². The van der Waals surface area contributed by atoms with Gasteiger partial charge in [-0.1, -0.05) is 29.8 Å². The lowest BCUT2D eigenvalue weighted by Gasteiger charge is -2.26. The maximum absolute atomic E-state index is 12.0. The molecule has 1 aliphatic heterocycles. The van der Waals surface area contributed by atoms with Crippen molar-refractivity contribution in [2.45, 2.75) is 20.0 Å². The zero-order valence-corrected chi connectivity index (χ0v) is 20.6. The molecule has 0 saturated carbocycles. The number of morpholine rings is 1. The maximum atomic E-state index is 12.0. The first-order valence-corrected chi connectivity index (χ1v) is 12.0. The number of hydrogen-bond donors (Lipinski definition) is 2. The summed E-state index contributed by atoms with van der Waals surface area (Å²) in [6.45, 7) is 7.14. The van der Waals surface area contributed by atoms with Crippen LogP contribution < -0.4 is 20.2 Å². The maximum Gasteiger partial charge on any atom is 0.329 e. The number of hydrazone groups is 1. The Morgan fingerprint density at radius 1 is 1.11 bits per heavy atom. The number of amides is 2. The Hall–Kier alpha value is -3.14. The molecule has 0 bridgehead atoms. The number of hydrogen-bond acceptors (Lipinski definition) is 7. The quantitative estimate of drug-likeness (QED) is 0.212. The highest BCUT2D eigenvalue weighted by Crippen LogP contribution is 2.29. The molecular weight excluding hydrogens is 472 g/mol. The van der Waals surface area contributed by atoms with E-state index in [4.69, 9.17) is 25.8 Å². The van der Waals surface area contributed by atoms with Gasteiger partial charge in [-0.15, -0.1) is 0 Å². The first-order valence-electron chi connectivity index (χ1n) is 11.6. The van der Waals surface area contributed by atoms with E-state index in [0.29, 0.717) is 41.8 Å². The Morgan fingerprint density at radius 2 is 1.91 bits per heavy atom. The van der Waals surface area contributed by atoms with Crippen molar-refractivity contribution in [3.8, 4) is 11.5 Å². The fourth-order valence-electron chi connectivity index (χ4n) is 3.39. The van der Waals surface area contributed by atoms with Gasteiger partial charge in [-0.3, -0.25) is 14.5 Å². The van der Waals surface area contributed by atoms with E-state index in [2.05, 4.69) is 20.7 Å². The molecule has 0 aliphatic carbocycles. The van der Waals surface area contributed by atoms with Crippen molar-refractivity contribution >= 4 is 29.6 Å². The monoisotopic (exact) mass is 502 g/mol. The van der Waals surface area contributed by atoms with Gasteiger partial charge in [0.15, 0.2) is 11.5 Å². The molecule has 3 rings (SSSR count). The third kappa shape index (κ3) is 8.86. The van der Waals surface area contributed by atoms with E-state index in [1.54, 1.807) is 18.2 Å². The van der Waals surface area contributed by atoms with E-state index in [9.17, 15) is 9.59 Å². The molecule has 1 aliphatic rings. The van der Waals surface area contributed by atoms with Crippen molar-refractivity contribution in [1.29, 1.82) is 0 Å². The average Bonchev–Trinajstić information content (AvgIpc) is 2.87. The number of halogens is 1. The fourth-order valence-corrected chi connectivity index (χ4v) is 3.58. The Kier molecular flexibility index (Phi) is 10.8. The molecule has 10 heteroatoms. The van der Waals surface area contributed by atoms with Crippen LogP contribution in [0.15, 0.2) is 47.6 Å². The van der Waals surface area contributed by atoms with Gasteiger partial charge in [0.25, 0.3) is 0 Å². The van der Waals surface area contributed by atoms with Crippen molar-refractivity contribution in [2.75, 3.05) is 46.0 Å². The van der Waals surface area contributed by atoms with E-state index in [0.717, 1.165) is 44.8 Å². The van der Waals surface area contributed by atoms with E-state index in [-0.39, 0.29) is 0 Å². The minimum Gasteiger partial charge on any atom is -0.490 e. The molecule has 0 spiro atoms. The van der Waals surface area contributed by atoms with Gasteiger partial charge < -0.3 is 19.5 Å². The molecule has 9 nitrogen and oxygen atoms in total.